The highest BCUT2D eigenvalue weighted by Gasteiger charge is 2.51. The molecule has 0 aromatic rings. The third-order valence-electron chi connectivity index (χ3n) is 7.24. The maximum atomic E-state index is 11.9. The number of nitrogens with one attached hydrogen (secondary N) is 2. The largest absolute Gasteiger partial charge is 0.460 e. The summed E-state index contributed by atoms with van der Waals surface area (Å²) in [5.74, 6) is -1.56. The molecule has 20 nitrogen and oxygen atoms in total. The molecule has 53 heavy (non-hydrogen) atoms. The molecule has 0 saturated carbocycles. The summed E-state index contributed by atoms with van der Waals surface area (Å²) in [6.07, 6.45) is -4.35. The number of aliphatic imine (C=N–C) groups is 1. The summed E-state index contributed by atoms with van der Waals surface area (Å²) in [4.78, 5) is 69.7. The Morgan fingerprint density at radius 2 is 1.00 bits per heavy atom. The molecule has 4 aliphatic heterocycles. The third kappa shape index (κ3) is 15.4. The number of carbonyl (C=O) groups excluding carboxylic acids is 6. The van der Waals surface area contributed by atoms with Crippen molar-refractivity contribution in [2.45, 2.75) is 69.6 Å². The summed E-state index contributed by atoms with van der Waals surface area (Å²) in [6, 6.07) is 0. The van der Waals surface area contributed by atoms with Crippen LogP contribution in [-0.4, -0.2) is 161 Å². The van der Waals surface area contributed by atoms with Gasteiger partial charge in [0.05, 0.1) is 46.1 Å². The van der Waals surface area contributed by atoms with E-state index in [1.165, 1.54) is 19.9 Å². The van der Waals surface area contributed by atoms with E-state index in [1.54, 1.807) is 6.92 Å². The average molecular weight is 758 g/mol. The van der Waals surface area contributed by atoms with E-state index >= 15 is 0 Å². The zero-order valence-electron chi connectivity index (χ0n) is 29.8. The molecule has 4 aliphatic rings. The fourth-order valence-corrected chi connectivity index (χ4v) is 4.64. The van der Waals surface area contributed by atoms with Gasteiger partial charge in [0.25, 0.3) is 0 Å². The van der Waals surface area contributed by atoms with Gasteiger partial charge in [-0.15, -0.1) is 0 Å². The Labute approximate surface area is 305 Å². The van der Waals surface area contributed by atoms with Crippen molar-refractivity contribution in [3.63, 3.8) is 0 Å². The lowest BCUT2D eigenvalue weighted by molar-refractivity contribution is -0.139. The molecule has 4 N–H and O–H groups in total. The molecule has 4 fully saturated rings. The standard InChI is InChI=1S/C20H28N2O10.C7H9NO3.C6H10O4/c1-11(2)17(23)27-7-5-21-19(25)31-13-9-29-16-14(10-30-15(13)16)32-20(26)22-6-8-28-18(24)12(3)4;1-6(2)7(10)11-4-3-8-5-9;7-3-1-9-6-4(8)2-10-5(3)6/h13-16H,1,3,5-10H2,2,4H3,(H,21,25)(H,22,26);1,3-4H2,2H3;3-8H,1-2H2/t13-,14?,15-,16-;;3-,4+,5-,6-/m1.1/s1. The van der Waals surface area contributed by atoms with E-state index in [0.717, 1.165) is 0 Å². The van der Waals surface area contributed by atoms with Crippen LogP contribution in [0.4, 0.5) is 9.59 Å². The molecular weight excluding hydrogens is 710 g/mol. The predicted octanol–water partition coefficient (Wildman–Crippen LogP) is -0.840. The van der Waals surface area contributed by atoms with Crippen molar-refractivity contribution >= 4 is 36.2 Å². The van der Waals surface area contributed by atoms with Crippen LogP contribution in [0.5, 0.6) is 0 Å². The number of carbonyl (C=O) groups is 5. The number of amides is 2. The Morgan fingerprint density at radius 3 is 1.36 bits per heavy atom. The Balaban J connectivity index is 0.000000372. The number of fused-ring (bicyclic) bond motifs is 2. The number of esters is 3. The number of alkyl carbamates (subject to hydrolysis) is 2. The highest BCUT2D eigenvalue weighted by molar-refractivity contribution is 5.87. The molecular formula is C33H47N3O17. The first-order valence-corrected chi connectivity index (χ1v) is 16.4. The highest BCUT2D eigenvalue weighted by Crippen LogP contribution is 2.30. The minimum absolute atomic E-state index is 0.0259. The number of aliphatic hydroxyl groups excluding tert-OH is 2. The van der Waals surface area contributed by atoms with Crippen LogP contribution in [0.1, 0.15) is 20.8 Å². The molecule has 4 rings (SSSR count). The van der Waals surface area contributed by atoms with E-state index in [4.69, 9.17) is 48.1 Å². The second-order valence-electron chi connectivity index (χ2n) is 11.8. The summed E-state index contributed by atoms with van der Waals surface area (Å²) in [7, 11) is 0. The number of aliphatic hydroxyl groups is 2. The predicted molar refractivity (Wildman–Crippen MR) is 178 cm³/mol. The van der Waals surface area contributed by atoms with Crippen molar-refractivity contribution in [2.75, 3.05) is 65.9 Å². The lowest BCUT2D eigenvalue weighted by Gasteiger charge is -2.17. The fraction of sp³-hybridized carbons (Fsp3) is 0.636. The van der Waals surface area contributed by atoms with Crippen molar-refractivity contribution in [3.05, 3.63) is 36.5 Å². The number of hydrogen-bond acceptors (Lipinski definition) is 18. The van der Waals surface area contributed by atoms with E-state index in [9.17, 15) is 28.8 Å². The van der Waals surface area contributed by atoms with E-state index in [1.807, 2.05) is 0 Å². The van der Waals surface area contributed by atoms with Gasteiger partial charge in [0, 0.05) is 16.7 Å². The zero-order valence-corrected chi connectivity index (χ0v) is 29.8. The van der Waals surface area contributed by atoms with Gasteiger partial charge in [-0.25, -0.2) is 33.8 Å². The SMILES string of the molecule is C=C(C)C(=O)OCCN=C=O.C=C(C)C(=O)OCCNC(=O)OC1CO[C@H]2[C@@H]1OC[C@H]2OC(=O)NCCOC(=O)C(=C)C.O[C@@H]1CO[C@H]2[C@@H]1OC[C@@H]2O. The average Bonchev–Trinajstić information content (AvgIpc) is 3.89. The zero-order chi connectivity index (χ0) is 39.5. The van der Waals surface area contributed by atoms with Crippen molar-refractivity contribution < 1.29 is 81.6 Å². The number of isocyanates is 1. The molecule has 0 spiro atoms. The Hall–Kier alpha value is -4.69. The maximum absolute atomic E-state index is 11.9. The number of rotatable bonds is 14. The molecule has 296 valence electrons. The molecule has 0 aliphatic carbocycles. The first-order chi connectivity index (χ1) is 25.2. The van der Waals surface area contributed by atoms with Crippen LogP contribution in [0.2, 0.25) is 0 Å². The highest BCUT2D eigenvalue weighted by atomic mass is 16.7. The molecule has 20 heteroatoms. The molecule has 0 aromatic carbocycles. The second kappa shape index (κ2) is 23.1. The smallest absolute Gasteiger partial charge is 0.407 e. The van der Waals surface area contributed by atoms with Gasteiger partial charge in [-0.1, -0.05) is 19.7 Å². The first-order valence-electron chi connectivity index (χ1n) is 16.4. The quantitative estimate of drug-likeness (QED) is 0.0420. The van der Waals surface area contributed by atoms with Crippen LogP contribution < -0.4 is 10.6 Å². The second-order valence-corrected chi connectivity index (χ2v) is 11.8. The van der Waals surface area contributed by atoms with Crippen LogP contribution in [0.25, 0.3) is 0 Å². The normalized spacial score (nSPS) is 25.9. The molecule has 0 bridgehead atoms. The van der Waals surface area contributed by atoms with E-state index in [2.05, 4.69) is 40.1 Å². The first kappa shape index (κ1) is 44.5. The monoisotopic (exact) mass is 757 g/mol. The molecule has 2 amide bonds. The van der Waals surface area contributed by atoms with Crippen LogP contribution in [-0.2, 0) is 61.8 Å². The number of ether oxygens (including phenoxy) is 9. The van der Waals surface area contributed by atoms with Crippen LogP contribution in [0.15, 0.2) is 41.4 Å². The van der Waals surface area contributed by atoms with Gasteiger partial charge < -0.3 is 63.5 Å². The van der Waals surface area contributed by atoms with E-state index < -0.39 is 66.7 Å². The molecule has 1 unspecified atom stereocenters. The van der Waals surface area contributed by atoms with Crippen molar-refractivity contribution in [1.29, 1.82) is 0 Å². The van der Waals surface area contributed by atoms with Crippen LogP contribution >= 0.6 is 0 Å². The van der Waals surface area contributed by atoms with Crippen LogP contribution in [0, 0.1) is 0 Å². The van der Waals surface area contributed by atoms with Gasteiger partial charge in [-0.2, -0.15) is 0 Å². The van der Waals surface area contributed by atoms with E-state index in [-0.39, 0.29) is 89.2 Å². The summed E-state index contributed by atoms with van der Waals surface area (Å²) in [6.45, 7) is 15.9. The van der Waals surface area contributed by atoms with Crippen molar-refractivity contribution in [2.24, 2.45) is 4.99 Å². The fourth-order valence-electron chi connectivity index (χ4n) is 4.64. The molecule has 0 radical (unpaired) electrons. The summed E-state index contributed by atoms with van der Waals surface area (Å²) in [5.41, 5.74) is 0.855. The van der Waals surface area contributed by atoms with Gasteiger partial charge in [-0.3, -0.25) is 0 Å². The van der Waals surface area contributed by atoms with Crippen LogP contribution in [0.3, 0.4) is 0 Å². The topological polar surface area (TPSA) is 262 Å². The summed E-state index contributed by atoms with van der Waals surface area (Å²) >= 11 is 0. The lowest BCUT2D eigenvalue weighted by atomic mass is 10.1. The number of nitrogens with zero attached hydrogens (tertiary/aromatic N) is 1. The van der Waals surface area contributed by atoms with E-state index in [0.29, 0.717) is 5.57 Å². The Morgan fingerprint density at radius 1 is 0.642 bits per heavy atom. The van der Waals surface area contributed by atoms with Crippen molar-refractivity contribution in [1.82, 2.24) is 10.6 Å². The molecule has 4 saturated heterocycles. The van der Waals surface area contributed by atoms with Gasteiger partial charge in [0.1, 0.15) is 56.4 Å². The van der Waals surface area contributed by atoms with Crippen molar-refractivity contribution in [3.8, 4) is 0 Å². The summed E-state index contributed by atoms with van der Waals surface area (Å²) in [5, 5.41) is 23.2. The molecule has 8 atom stereocenters. The molecule has 4 heterocycles. The summed E-state index contributed by atoms with van der Waals surface area (Å²) < 4.78 is 46.2. The maximum Gasteiger partial charge on any atom is 0.407 e. The Bertz CT molecular complexity index is 1290. The number of hydrogen-bond donors (Lipinski definition) is 4. The minimum Gasteiger partial charge on any atom is -0.460 e. The van der Waals surface area contributed by atoms with Gasteiger partial charge in [0.15, 0.2) is 12.2 Å². The van der Waals surface area contributed by atoms with Gasteiger partial charge >= 0.3 is 30.1 Å². The van der Waals surface area contributed by atoms with Gasteiger partial charge in [0.2, 0.25) is 6.08 Å². The Kier molecular flexibility index (Phi) is 19.4. The molecule has 0 aromatic heterocycles. The minimum atomic E-state index is -0.722. The lowest BCUT2D eigenvalue weighted by Crippen LogP contribution is -2.40. The van der Waals surface area contributed by atoms with Gasteiger partial charge in [-0.05, 0) is 20.8 Å². The third-order valence-corrected chi connectivity index (χ3v) is 7.24.